The number of ether oxygens (including phenoxy) is 2. The van der Waals surface area contributed by atoms with Gasteiger partial charge in [-0.15, -0.1) is 12.4 Å². The van der Waals surface area contributed by atoms with E-state index in [1.807, 2.05) is 30.3 Å². The fourth-order valence-electron chi connectivity index (χ4n) is 3.37. The van der Waals surface area contributed by atoms with E-state index in [2.05, 4.69) is 0 Å². The van der Waals surface area contributed by atoms with Crippen LogP contribution in [0.5, 0.6) is 11.5 Å². The number of hydrogen-bond acceptors (Lipinski definition) is 7. The minimum Gasteiger partial charge on any atom is -0.503 e. The van der Waals surface area contributed by atoms with E-state index < -0.39 is 11.4 Å². The van der Waals surface area contributed by atoms with Crippen molar-refractivity contribution < 1.29 is 29.3 Å². The van der Waals surface area contributed by atoms with Gasteiger partial charge in [-0.3, -0.25) is 19.2 Å². The van der Waals surface area contributed by atoms with Gasteiger partial charge < -0.3 is 28.8 Å². The Morgan fingerprint density at radius 2 is 1.45 bits per heavy atom. The van der Waals surface area contributed by atoms with E-state index in [1.165, 1.54) is 12.1 Å². The number of aliphatic carboxylic acids is 1. The fourth-order valence-corrected chi connectivity index (χ4v) is 3.37. The zero-order valence-electron chi connectivity index (χ0n) is 21.6. The normalized spacial score (nSPS) is 9.97. The third-order valence-electron chi connectivity index (χ3n) is 5.46. The number of aromatic hydroxyl groups is 1. The first-order valence-electron chi connectivity index (χ1n) is 11.8. The lowest BCUT2D eigenvalue weighted by molar-refractivity contribution is -0.143. The minimum atomic E-state index is -0.875. The Hall–Kier alpha value is -4.05. The average Bonchev–Trinajstić information content (AvgIpc) is 2.87. The first kappa shape index (κ1) is 32.0. The number of carbonyl (C=O) groups is 2. The molecule has 0 aliphatic heterocycles. The van der Waals surface area contributed by atoms with Crippen molar-refractivity contribution in [1.29, 1.82) is 0 Å². The first-order valence-corrected chi connectivity index (χ1v) is 11.8. The smallest absolute Gasteiger partial charge is 0.307 e. The second-order valence-electron chi connectivity index (χ2n) is 8.07. The predicted molar refractivity (Wildman–Crippen MR) is 144 cm³/mol. The van der Waals surface area contributed by atoms with Crippen LogP contribution in [0.15, 0.2) is 64.4 Å². The second-order valence-corrected chi connectivity index (χ2v) is 8.07. The monoisotopic (exact) mass is 548 g/mol. The molecule has 10 nitrogen and oxygen atoms in total. The zero-order valence-corrected chi connectivity index (χ0v) is 22.4. The molecule has 206 valence electrons. The van der Waals surface area contributed by atoms with Gasteiger partial charge in [-0.25, -0.2) is 0 Å². The van der Waals surface area contributed by atoms with Crippen molar-refractivity contribution in [1.82, 2.24) is 9.13 Å². The zero-order chi connectivity index (χ0) is 27.4. The Bertz CT molecular complexity index is 1320. The Balaban J connectivity index is 0.000000384. The summed E-state index contributed by atoms with van der Waals surface area (Å²) in [4.78, 5) is 44.7. The van der Waals surface area contributed by atoms with Crippen molar-refractivity contribution in [2.75, 3.05) is 6.61 Å². The van der Waals surface area contributed by atoms with Crippen LogP contribution in [0.1, 0.15) is 36.7 Å². The molecule has 0 saturated carbocycles. The Labute approximate surface area is 226 Å². The number of hydrogen-bond donors (Lipinski definition) is 2. The highest BCUT2D eigenvalue weighted by atomic mass is 35.5. The molecule has 0 aliphatic rings. The van der Waals surface area contributed by atoms with E-state index in [4.69, 9.17) is 14.6 Å². The minimum absolute atomic E-state index is 0. The lowest BCUT2D eigenvalue weighted by Crippen LogP contribution is -2.16. The summed E-state index contributed by atoms with van der Waals surface area (Å²) in [6.07, 6.45) is 3.37. The average molecular weight is 549 g/mol. The fraction of sp³-hybridized carbons (Fsp3) is 0.333. The molecule has 2 aromatic heterocycles. The van der Waals surface area contributed by atoms with Crippen LogP contribution in [-0.2, 0) is 34.0 Å². The van der Waals surface area contributed by atoms with E-state index in [0.29, 0.717) is 37.7 Å². The number of rotatable bonds is 10. The van der Waals surface area contributed by atoms with Gasteiger partial charge in [0.25, 0.3) is 0 Å². The molecular formula is C27H33ClN2O8. The number of carbonyl (C=O) groups excluding carboxylic acids is 1. The van der Waals surface area contributed by atoms with Gasteiger partial charge in [-0.1, -0.05) is 30.3 Å². The summed E-state index contributed by atoms with van der Waals surface area (Å²) in [7, 11) is 0. The van der Waals surface area contributed by atoms with Crippen molar-refractivity contribution >= 4 is 24.3 Å². The summed E-state index contributed by atoms with van der Waals surface area (Å²) >= 11 is 0. The van der Waals surface area contributed by atoms with E-state index >= 15 is 0 Å². The van der Waals surface area contributed by atoms with Gasteiger partial charge in [0.15, 0.2) is 11.5 Å². The number of aryl methyl sites for hydroxylation is 2. The van der Waals surface area contributed by atoms with Crippen LogP contribution in [0.3, 0.4) is 0 Å². The SMILES string of the molecule is CCOC(=O)CCn1ccc(=O)c(O)c1C.Cc1c(OCc2ccccc2)c(=O)ccn1CCC(=O)O.Cl. The summed E-state index contributed by atoms with van der Waals surface area (Å²) in [5, 5.41) is 18.1. The van der Waals surface area contributed by atoms with Crippen LogP contribution in [-0.4, -0.2) is 37.9 Å². The molecule has 0 bridgehead atoms. The van der Waals surface area contributed by atoms with Crippen molar-refractivity contribution in [3.63, 3.8) is 0 Å². The molecule has 2 heterocycles. The molecule has 3 rings (SSSR count). The van der Waals surface area contributed by atoms with Crippen molar-refractivity contribution in [3.05, 3.63) is 92.3 Å². The number of benzene rings is 1. The molecule has 1 aromatic carbocycles. The maximum absolute atomic E-state index is 11.9. The lowest BCUT2D eigenvalue weighted by atomic mass is 10.2. The molecule has 3 aromatic rings. The van der Waals surface area contributed by atoms with Crippen LogP contribution in [0, 0.1) is 13.8 Å². The predicted octanol–water partition coefficient (Wildman–Crippen LogP) is 3.45. The Morgan fingerprint density at radius 1 is 0.868 bits per heavy atom. The molecule has 0 radical (unpaired) electrons. The van der Waals surface area contributed by atoms with Crippen molar-refractivity contribution in [3.8, 4) is 11.5 Å². The summed E-state index contributed by atoms with van der Waals surface area (Å²) in [6.45, 7) is 6.48. The Kier molecular flexibility index (Phi) is 13.4. The third kappa shape index (κ3) is 9.78. The van der Waals surface area contributed by atoms with Crippen LogP contribution in [0.2, 0.25) is 0 Å². The molecule has 0 saturated heterocycles. The molecule has 2 N–H and O–H groups in total. The van der Waals surface area contributed by atoms with Gasteiger partial charge in [0.05, 0.1) is 30.8 Å². The summed E-state index contributed by atoms with van der Waals surface area (Å²) in [5.74, 6) is -1.17. The quantitative estimate of drug-likeness (QED) is 0.367. The highest BCUT2D eigenvalue weighted by Crippen LogP contribution is 2.14. The van der Waals surface area contributed by atoms with Crippen molar-refractivity contribution in [2.24, 2.45) is 0 Å². The molecule has 0 atom stereocenters. The molecule has 0 spiro atoms. The van der Waals surface area contributed by atoms with Gasteiger partial charge in [-0.05, 0) is 26.3 Å². The van der Waals surface area contributed by atoms with Crippen LogP contribution < -0.4 is 15.6 Å². The van der Waals surface area contributed by atoms with Crippen LogP contribution in [0.4, 0.5) is 0 Å². The molecule has 0 amide bonds. The first-order chi connectivity index (χ1) is 17.6. The number of halogens is 1. The van der Waals surface area contributed by atoms with E-state index in [9.17, 15) is 24.3 Å². The maximum atomic E-state index is 11.9. The standard InChI is InChI=1S/C16H17NO4.C11H15NO4.ClH/c1-12-16(21-11-13-5-3-2-4-6-13)14(18)7-9-17(12)10-8-15(19)20;1-3-16-10(14)5-7-12-6-4-9(13)11(15)8(12)2;/h2-7,9H,8,10-11H2,1H3,(H,19,20);4,6,15H,3,5,7H2,1-2H3;1H. The number of pyridine rings is 2. The maximum Gasteiger partial charge on any atom is 0.307 e. The number of esters is 1. The van der Waals surface area contributed by atoms with E-state index in [0.717, 1.165) is 5.56 Å². The topological polar surface area (TPSA) is 137 Å². The molecule has 11 heteroatoms. The van der Waals surface area contributed by atoms with Gasteiger partial charge in [0, 0.05) is 37.6 Å². The van der Waals surface area contributed by atoms with Crippen LogP contribution >= 0.6 is 12.4 Å². The molecule has 38 heavy (non-hydrogen) atoms. The molecule has 0 fully saturated rings. The molecular weight excluding hydrogens is 516 g/mol. The van der Waals surface area contributed by atoms with Gasteiger partial charge >= 0.3 is 11.9 Å². The van der Waals surface area contributed by atoms with Gasteiger partial charge in [-0.2, -0.15) is 0 Å². The number of nitrogens with zero attached hydrogens (tertiary/aromatic N) is 2. The van der Waals surface area contributed by atoms with Crippen LogP contribution in [0.25, 0.3) is 0 Å². The van der Waals surface area contributed by atoms with Gasteiger partial charge in [0.2, 0.25) is 10.9 Å². The van der Waals surface area contributed by atoms with E-state index in [-0.39, 0.29) is 48.1 Å². The van der Waals surface area contributed by atoms with Gasteiger partial charge in [0.1, 0.15) is 6.61 Å². The van der Waals surface area contributed by atoms with E-state index in [1.54, 1.807) is 42.3 Å². The second kappa shape index (κ2) is 15.9. The highest BCUT2D eigenvalue weighted by Gasteiger charge is 2.10. The third-order valence-corrected chi connectivity index (χ3v) is 5.46. The number of aromatic nitrogens is 2. The largest absolute Gasteiger partial charge is 0.503 e. The lowest BCUT2D eigenvalue weighted by Gasteiger charge is -2.14. The summed E-state index contributed by atoms with van der Waals surface area (Å²) < 4.78 is 13.8. The Morgan fingerprint density at radius 3 is 2.05 bits per heavy atom. The summed E-state index contributed by atoms with van der Waals surface area (Å²) in [5.41, 5.74) is 1.45. The molecule has 0 unspecified atom stereocenters. The highest BCUT2D eigenvalue weighted by molar-refractivity contribution is 5.85. The van der Waals surface area contributed by atoms with Crippen molar-refractivity contribution in [2.45, 2.75) is 53.3 Å². The number of carboxylic acids is 1. The molecule has 0 aliphatic carbocycles. The summed E-state index contributed by atoms with van der Waals surface area (Å²) in [6, 6.07) is 12.2. The number of carboxylic acid groups (broad SMARTS) is 1.